The molecule has 0 spiro atoms. The summed E-state index contributed by atoms with van der Waals surface area (Å²) in [6, 6.07) is 0. The predicted octanol–water partition coefficient (Wildman–Crippen LogP) is -4.64. The van der Waals surface area contributed by atoms with Crippen molar-refractivity contribution in [3.05, 3.63) is 0 Å². The van der Waals surface area contributed by atoms with Crippen molar-refractivity contribution in [2.45, 2.75) is 117 Å². The molecule has 0 aliphatic rings. The van der Waals surface area contributed by atoms with Crippen molar-refractivity contribution in [1.82, 2.24) is 46.9 Å². The molecule has 24 heteroatoms. The first kappa shape index (κ1) is 50.0. The number of nitrogens with one attached hydrogen (secondary N) is 6. The highest BCUT2D eigenvalue weighted by atomic mass is 16.3. The van der Waals surface area contributed by atoms with Gasteiger partial charge in [-0.15, -0.1) is 0 Å². The lowest BCUT2D eigenvalue weighted by molar-refractivity contribution is -0.125. The molecular formula is C33H60N12O12. The largest absolute Gasteiger partial charge is 0.374 e. The summed E-state index contributed by atoms with van der Waals surface area (Å²) in [6.07, 6.45) is -7.00. The minimum absolute atomic E-state index is 0.117. The first-order valence-electron chi connectivity index (χ1n) is 18.7. The molecule has 0 saturated heterocycles. The van der Waals surface area contributed by atoms with Crippen molar-refractivity contribution in [2.24, 2.45) is 0 Å². The number of hydrogen-bond acceptors (Lipinski definition) is 18. The first-order chi connectivity index (χ1) is 26.9. The van der Waals surface area contributed by atoms with Crippen LogP contribution in [-0.4, -0.2) is 158 Å². The Hall–Kier alpha value is -5.01. The second-order valence-electron chi connectivity index (χ2n) is 12.8. The Balaban J connectivity index is 4.16. The molecule has 6 atom stereocenters. The number of aliphatic hydroxyl groups excluding tert-OH is 6. The van der Waals surface area contributed by atoms with Crippen LogP contribution < -0.4 is 46.6 Å². The number of carbonyl (C=O) groups excluding carboxylic acids is 6. The molecule has 0 saturated carbocycles. The number of carbonyl (C=O) groups is 6. The molecule has 0 aliphatic carbocycles. The van der Waals surface area contributed by atoms with Crippen LogP contribution in [0.4, 0.5) is 17.8 Å². The molecule has 0 fully saturated rings. The first-order valence-corrected chi connectivity index (χ1v) is 18.7. The molecule has 0 bridgehead atoms. The molecule has 57 heavy (non-hydrogen) atoms. The Kier molecular flexibility index (Phi) is 22.8. The Labute approximate surface area is 330 Å². The lowest BCUT2D eigenvalue weighted by Crippen LogP contribution is -2.49. The summed E-state index contributed by atoms with van der Waals surface area (Å²) in [7, 11) is 0. The number of aliphatic hydroxyl groups is 6. The van der Waals surface area contributed by atoms with Crippen molar-refractivity contribution in [3.63, 3.8) is 0 Å². The standard InChI is InChI=1S/C33H60N12O12/c1-7-19(46)34-25(52)13-43(14-26(53)35-20(47)8-2)31-40-32(44(15-27(54)36-21(48)9-3)16-28(55)37-22(49)10-4)42-33(41-31)45(17-29(56)38-23(50)11-5)18-30(57)39-24(51)12-6/h19-24,46-51H,7-18H2,1-6H3,(H,34,52)(H,35,53)(H,36,54)(H,37,55)(H,38,56)(H,39,57). The van der Waals surface area contributed by atoms with Crippen molar-refractivity contribution in [1.29, 1.82) is 0 Å². The third-order valence-corrected chi connectivity index (χ3v) is 7.74. The maximum atomic E-state index is 13.1. The van der Waals surface area contributed by atoms with Gasteiger partial charge in [-0.25, -0.2) is 0 Å². The molecule has 1 aromatic rings. The summed E-state index contributed by atoms with van der Waals surface area (Å²) in [5, 5.41) is 74.5. The van der Waals surface area contributed by atoms with Crippen LogP contribution in [0.15, 0.2) is 0 Å². The van der Waals surface area contributed by atoms with Crippen LogP contribution >= 0.6 is 0 Å². The van der Waals surface area contributed by atoms with Gasteiger partial charge in [-0.05, 0) is 38.5 Å². The highest BCUT2D eigenvalue weighted by Crippen LogP contribution is 2.20. The van der Waals surface area contributed by atoms with Crippen molar-refractivity contribution in [2.75, 3.05) is 54.0 Å². The van der Waals surface area contributed by atoms with Gasteiger partial charge in [0.15, 0.2) is 0 Å². The average Bonchev–Trinajstić information content (AvgIpc) is 3.16. The van der Waals surface area contributed by atoms with E-state index in [-0.39, 0.29) is 38.5 Å². The van der Waals surface area contributed by atoms with Gasteiger partial charge < -0.3 is 77.2 Å². The zero-order valence-electron chi connectivity index (χ0n) is 33.3. The number of nitrogens with zero attached hydrogens (tertiary/aromatic N) is 6. The predicted molar refractivity (Wildman–Crippen MR) is 203 cm³/mol. The van der Waals surface area contributed by atoms with E-state index in [0.717, 1.165) is 14.7 Å². The van der Waals surface area contributed by atoms with Gasteiger partial charge in [0.25, 0.3) is 0 Å². The van der Waals surface area contributed by atoms with Gasteiger partial charge in [0.05, 0.1) is 0 Å². The lowest BCUT2D eigenvalue weighted by Gasteiger charge is -2.29. The normalized spacial score (nSPS) is 14.1. The van der Waals surface area contributed by atoms with E-state index in [1.54, 1.807) is 41.5 Å². The molecule has 12 N–H and O–H groups in total. The van der Waals surface area contributed by atoms with E-state index in [2.05, 4.69) is 46.9 Å². The zero-order chi connectivity index (χ0) is 43.2. The Bertz CT molecular complexity index is 1200. The van der Waals surface area contributed by atoms with Gasteiger partial charge in [-0.1, -0.05) is 41.5 Å². The molecule has 0 aromatic carbocycles. The summed E-state index contributed by atoms with van der Waals surface area (Å²) in [5.41, 5.74) is 0. The van der Waals surface area contributed by atoms with E-state index in [4.69, 9.17) is 0 Å². The van der Waals surface area contributed by atoms with E-state index >= 15 is 0 Å². The van der Waals surface area contributed by atoms with Crippen LogP contribution in [0.5, 0.6) is 0 Å². The van der Waals surface area contributed by atoms with Crippen LogP contribution in [0, 0.1) is 0 Å². The van der Waals surface area contributed by atoms with Crippen molar-refractivity contribution < 1.29 is 59.4 Å². The second-order valence-corrected chi connectivity index (χ2v) is 12.8. The van der Waals surface area contributed by atoms with Crippen molar-refractivity contribution >= 4 is 53.3 Å². The zero-order valence-corrected chi connectivity index (χ0v) is 33.3. The van der Waals surface area contributed by atoms with Gasteiger partial charge in [0.2, 0.25) is 53.3 Å². The fourth-order valence-corrected chi connectivity index (χ4v) is 4.40. The molecule has 1 aromatic heterocycles. The van der Waals surface area contributed by atoms with Crippen LogP contribution in [0.25, 0.3) is 0 Å². The van der Waals surface area contributed by atoms with E-state index in [1.165, 1.54) is 0 Å². The van der Waals surface area contributed by atoms with Crippen molar-refractivity contribution in [3.8, 4) is 0 Å². The fraction of sp³-hybridized carbons (Fsp3) is 0.727. The minimum atomic E-state index is -1.28. The summed E-state index contributed by atoms with van der Waals surface area (Å²) in [5.74, 6) is -6.47. The third kappa shape index (κ3) is 19.6. The van der Waals surface area contributed by atoms with Gasteiger partial charge in [-0.2, -0.15) is 15.0 Å². The molecule has 324 valence electrons. The SMILES string of the molecule is CCC(O)NC(=O)CN(CC(=O)NC(O)CC)c1nc(N(CC(=O)NC(O)CC)CC(=O)NC(O)CC)nc(N(CC(=O)NC(O)CC)CC(=O)NC(O)CC)n1. The molecule has 6 unspecified atom stereocenters. The molecule has 24 nitrogen and oxygen atoms in total. The minimum Gasteiger partial charge on any atom is -0.374 e. The molecule has 0 aliphatic heterocycles. The van der Waals surface area contributed by atoms with E-state index in [0.29, 0.717) is 0 Å². The maximum Gasteiger partial charge on any atom is 0.241 e. The Morgan fingerprint density at radius 1 is 0.368 bits per heavy atom. The van der Waals surface area contributed by atoms with Crippen LogP contribution in [0.1, 0.15) is 80.1 Å². The number of anilines is 3. The lowest BCUT2D eigenvalue weighted by atomic mass is 10.3. The van der Waals surface area contributed by atoms with E-state index < -0.39 is 130 Å². The Morgan fingerprint density at radius 2 is 0.509 bits per heavy atom. The summed E-state index contributed by atoms with van der Waals surface area (Å²) in [6.45, 7) is 5.26. The van der Waals surface area contributed by atoms with Crippen LogP contribution in [-0.2, 0) is 28.8 Å². The maximum absolute atomic E-state index is 13.1. The summed E-state index contributed by atoms with van der Waals surface area (Å²) < 4.78 is 0. The van der Waals surface area contributed by atoms with E-state index in [1.807, 2.05) is 0 Å². The second kappa shape index (κ2) is 26.0. The number of amides is 6. The van der Waals surface area contributed by atoms with Gasteiger partial charge in [-0.3, -0.25) is 28.8 Å². The van der Waals surface area contributed by atoms with Gasteiger partial charge in [0.1, 0.15) is 76.6 Å². The molecule has 6 amide bonds. The van der Waals surface area contributed by atoms with Gasteiger partial charge in [0, 0.05) is 0 Å². The quantitative estimate of drug-likeness (QED) is 0.0372. The third-order valence-electron chi connectivity index (χ3n) is 7.74. The topological polar surface area (TPSA) is 344 Å². The number of aromatic nitrogens is 3. The Morgan fingerprint density at radius 3 is 0.632 bits per heavy atom. The molecule has 1 heterocycles. The number of rotatable bonds is 27. The smallest absolute Gasteiger partial charge is 0.241 e. The summed E-state index contributed by atoms with van der Waals surface area (Å²) >= 11 is 0. The highest BCUT2D eigenvalue weighted by molar-refractivity contribution is 5.88. The van der Waals surface area contributed by atoms with Crippen LogP contribution in [0.3, 0.4) is 0 Å². The molecule has 1 rings (SSSR count). The monoisotopic (exact) mass is 816 g/mol. The summed E-state index contributed by atoms with van der Waals surface area (Å²) in [4.78, 5) is 94.7. The molecular weight excluding hydrogens is 756 g/mol. The van der Waals surface area contributed by atoms with Gasteiger partial charge >= 0.3 is 0 Å². The number of hydrogen-bond donors (Lipinski definition) is 12. The van der Waals surface area contributed by atoms with Crippen LogP contribution in [0.2, 0.25) is 0 Å². The average molecular weight is 817 g/mol. The molecule has 0 radical (unpaired) electrons. The fourth-order valence-electron chi connectivity index (χ4n) is 4.40. The van der Waals surface area contributed by atoms with E-state index in [9.17, 15) is 59.4 Å². The highest BCUT2D eigenvalue weighted by Gasteiger charge is 2.29.